The number of hydrogen-bond acceptors (Lipinski definition) is 4. The fourth-order valence-corrected chi connectivity index (χ4v) is 3.53. The Kier molecular flexibility index (Phi) is 3.92. The third-order valence-corrected chi connectivity index (χ3v) is 6.11. The van der Waals surface area contributed by atoms with Crippen molar-refractivity contribution < 1.29 is 18.0 Å². The molecule has 1 heterocycles. The van der Waals surface area contributed by atoms with Gasteiger partial charge in [-0.25, -0.2) is 18.1 Å². The van der Waals surface area contributed by atoms with Crippen LogP contribution in [0.2, 0.25) is 0 Å². The Morgan fingerprint density at radius 2 is 1.92 bits per heavy atom. The summed E-state index contributed by atoms with van der Waals surface area (Å²) in [5.41, 5.74) is 2.05. The average Bonchev–Trinajstić information content (AvgIpc) is 3.04. The van der Waals surface area contributed by atoms with Crippen LogP contribution in [0.15, 0.2) is 18.2 Å². The third-order valence-electron chi connectivity index (χ3n) is 4.86. The standard InChI is InChI=1S/C16H21N3O4S/c1-16(13-8-7-11-5-4-6-12(11)9-13)14(20)19(15(21)17-16)10-18(2)24(3,22)23/h7-9H,4-6,10H2,1-3H3,(H,17,21)/t16-/m0/s1. The van der Waals surface area contributed by atoms with Gasteiger partial charge in [-0.1, -0.05) is 18.2 Å². The predicted molar refractivity (Wildman–Crippen MR) is 88.7 cm³/mol. The van der Waals surface area contributed by atoms with E-state index in [2.05, 4.69) is 5.32 Å². The molecule has 0 unspecified atom stereocenters. The van der Waals surface area contributed by atoms with Crippen molar-refractivity contribution in [3.63, 3.8) is 0 Å². The van der Waals surface area contributed by atoms with Crippen LogP contribution in [-0.4, -0.2) is 49.5 Å². The molecule has 1 aliphatic heterocycles. The zero-order chi connectivity index (χ0) is 17.7. The smallest absolute Gasteiger partial charge is 0.319 e. The maximum absolute atomic E-state index is 12.8. The molecule has 1 saturated heterocycles. The molecule has 0 bridgehead atoms. The zero-order valence-electron chi connectivity index (χ0n) is 14.0. The van der Waals surface area contributed by atoms with Gasteiger partial charge in [0.1, 0.15) is 5.54 Å². The van der Waals surface area contributed by atoms with Gasteiger partial charge in [0.25, 0.3) is 5.91 Å². The first kappa shape index (κ1) is 16.9. The number of amides is 3. The molecular formula is C16H21N3O4S. The molecule has 1 fully saturated rings. The minimum Gasteiger partial charge on any atom is -0.319 e. The summed E-state index contributed by atoms with van der Waals surface area (Å²) in [5, 5.41) is 2.71. The molecule has 1 aliphatic carbocycles. The molecule has 2 aliphatic rings. The fourth-order valence-electron chi connectivity index (χ4n) is 3.21. The summed E-state index contributed by atoms with van der Waals surface area (Å²) in [5.74, 6) is -0.444. The van der Waals surface area contributed by atoms with Crippen LogP contribution >= 0.6 is 0 Å². The largest absolute Gasteiger partial charge is 0.326 e. The van der Waals surface area contributed by atoms with Crippen molar-refractivity contribution in [3.8, 4) is 0 Å². The molecule has 1 aromatic carbocycles. The van der Waals surface area contributed by atoms with Crippen molar-refractivity contribution in [2.75, 3.05) is 20.0 Å². The molecule has 0 saturated carbocycles. The van der Waals surface area contributed by atoms with Crippen molar-refractivity contribution in [1.29, 1.82) is 0 Å². The summed E-state index contributed by atoms with van der Waals surface area (Å²) >= 11 is 0. The quantitative estimate of drug-likeness (QED) is 0.813. The van der Waals surface area contributed by atoms with Gasteiger partial charge in [-0.05, 0) is 42.9 Å². The minimum absolute atomic E-state index is 0.302. The third kappa shape index (κ3) is 2.69. The number of sulfonamides is 1. The van der Waals surface area contributed by atoms with Crippen molar-refractivity contribution in [3.05, 3.63) is 34.9 Å². The molecule has 130 valence electrons. The van der Waals surface area contributed by atoms with Gasteiger partial charge >= 0.3 is 6.03 Å². The number of nitrogens with one attached hydrogen (secondary N) is 1. The van der Waals surface area contributed by atoms with E-state index in [1.807, 2.05) is 18.2 Å². The summed E-state index contributed by atoms with van der Waals surface area (Å²) in [6.45, 7) is 1.36. The number of imide groups is 1. The summed E-state index contributed by atoms with van der Waals surface area (Å²) in [4.78, 5) is 26.0. The van der Waals surface area contributed by atoms with Gasteiger partial charge in [0.2, 0.25) is 10.0 Å². The second-order valence-electron chi connectivity index (χ2n) is 6.63. The zero-order valence-corrected chi connectivity index (χ0v) is 14.8. The van der Waals surface area contributed by atoms with E-state index in [0.717, 1.165) is 40.3 Å². The number of fused-ring (bicyclic) bond motifs is 1. The SMILES string of the molecule is CN(CN1C(=O)N[C@@](C)(c2ccc3c(c2)CCC3)C1=O)S(C)(=O)=O. The molecule has 3 amide bonds. The topological polar surface area (TPSA) is 86.8 Å². The highest BCUT2D eigenvalue weighted by molar-refractivity contribution is 7.88. The first-order valence-corrected chi connectivity index (χ1v) is 9.65. The van der Waals surface area contributed by atoms with Crippen molar-refractivity contribution in [2.24, 2.45) is 0 Å². The lowest BCUT2D eigenvalue weighted by Gasteiger charge is -2.24. The Morgan fingerprint density at radius 3 is 2.58 bits per heavy atom. The lowest BCUT2D eigenvalue weighted by atomic mass is 9.90. The lowest BCUT2D eigenvalue weighted by Crippen LogP contribution is -2.44. The number of benzene rings is 1. The van der Waals surface area contributed by atoms with Gasteiger partial charge in [-0.3, -0.25) is 4.79 Å². The molecule has 0 radical (unpaired) electrons. The summed E-state index contributed by atoms with van der Waals surface area (Å²) in [7, 11) is -2.15. The van der Waals surface area contributed by atoms with E-state index in [0.29, 0.717) is 0 Å². The monoisotopic (exact) mass is 351 g/mol. The normalized spacial score (nSPS) is 23.8. The summed E-state index contributed by atoms with van der Waals surface area (Å²) in [6.07, 6.45) is 4.14. The lowest BCUT2D eigenvalue weighted by molar-refractivity contribution is -0.131. The van der Waals surface area contributed by atoms with Gasteiger partial charge in [0.05, 0.1) is 12.9 Å². The van der Waals surface area contributed by atoms with Crippen LogP contribution < -0.4 is 5.32 Å². The molecule has 7 nitrogen and oxygen atoms in total. The van der Waals surface area contributed by atoms with Crippen molar-refractivity contribution >= 4 is 22.0 Å². The second kappa shape index (κ2) is 5.56. The van der Waals surface area contributed by atoms with Crippen LogP contribution in [-0.2, 0) is 33.2 Å². The Balaban J connectivity index is 1.90. The van der Waals surface area contributed by atoms with Crippen LogP contribution in [0.4, 0.5) is 4.79 Å². The van der Waals surface area contributed by atoms with Gasteiger partial charge in [-0.2, -0.15) is 4.31 Å². The molecule has 8 heteroatoms. The van der Waals surface area contributed by atoms with Crippen LogP contribution in [0.3, 0.4) is 0 Å². The Labute approximate surface area is 141 Å². The fraction of sp³-hybridized carbons (Fsp3) is 0.500. The Bertz CT molecular complexity index is 821. The number of rotatable bonds is 4. The van der Waals surface area contributed by atoms with E-state index >= 15 is 0 Å². The highest BCUT2D eigenvalue weighted by Crippen LogP contribution is 2.32. The number of aryl methyl sites for hydroxylation is 2. The van der Waals surface area contributed by atoms with Gasteiger partial charge < -0.3 is 5.32 Å². The Morgan fingerprint density at radius 1 is 1.25 bits per heavy atom. The van der Waals surface area contributed by atoms with Crippen LogP contribution in [0.1, 0.15) is 30.0 Å². The molecule has 3 rings (SSSR count). The molecule has 24 heavy (non-hydrogen) atoms. The van der Waals surface area contributed by atoms with Crippen molar-refractivity contribution in [1.82, 2.24) is 14.5 Å². The van der Waals surface area contributed by atoms with E-state index in [1.165, 1.54) is 18.2 Å². The van der Waals surface area contributed by atoms with E-state index in [-0.39, 0.29) is 6.67 Å². The van der Waals surface area contributed by atoms with Gasteiger partial charge in [0.15, 0.2) is 0 Å². The van der Waals surface area contributed by atoms with Gasteiger partial charge in [-0.15, -0.1) is 0 Å². The van der Waals surface area contributed by atoms with E-state index in [9.17, 15) is 18.0 Å². The van der Waals surface area contributed by atoms with Crippen LogP contribution in [0, 0.1) is 0 Å². The predicted octanol–water partition coefficient (Wildman–Crippen LogP) is 0.791. The van der Waals surface area contributed by atoms with E-state index < -0.39 is 27.5 Å². The maximum Gasteiger partial charge on any atom is 0.326 e. The molecule has 1 atom stereocenters. The average molecular weight is 351 g/mol. The van der Waals surface area contributed by atoms with Crippen LogP contribution in [0.25, 0.3) is 0 Å². The van der Waals surface area contributed by atoms with Crippen molar-refractivity contribution in [2.45, 2.75) is 31.7 Å². The number of carbonyl (C=O) groups excluding carboxylic acids is 2. The minimum atomic E-state index is -3.49. The molecule has 1 aromatic rings. The molecule has 0 spiro atoms. The molecular weight excluding hydrogens is 330 g/mol. The van der Waals surface area contributed by atoms with E-state index in [4.69, 9.17) is 0 Å². The summed E-state index contributed by atoms with van der Waals surface area (Å²) < 4.78 is 24.1. The highest BCUT2D eigenvalue weighted by Gasteiger charge is 2.49. The highest BCUT2D eigenvalue weighted by atomic mass is 32.2. The number of urea groups is 1. The number of carbonyl (C=O) groups is 2. The van der Waals surface area contributed by atoms with Gasteiger partial charge in [0, 0.05) is 7.05 Å². The van der Waals surface area contributed by atoms with E-state index in [1.54, 1.807) is 6.92 Å². The first-order chi connectivity index (χ1) is 11.1. The second-order valence-corrected chi connectivity index (χ2v) is 8.72. The first-order valence-electron chi connectivity index (χ1n) is 7.80. The van der Waals surface area contributed by atoms with Crippen LogP contribution in [0.5, 0.6) is 0 Å². The summed E-state index contributed by atoms with van der Waals surface area (Å²) in [6, 6.07) is 5.27. The Hall–Kier alpha value is -1.93. The maximum atomic E-state index is 12.8. The molecule has 0 aromatic heterocycles. The number of nitrogens with zero attached hydrogens (tertiary/aromatic N) is 2. The number of hydrogen-bond donors (Lipinski definition) is 1. The molecule has 1 N–H and O–H groups in total.